The molecule has 0 amide bonds. The Labute approximate surface area is 392 Å². The molecule has 3 atom stereocenters. The molecule has 1 aliphatic heterocycles. The third-order valence-corrected chi connectivity index (χ3v) is 10.6. The van der Waals surface area contributed by atoms with E-state index < -0.39 is 0 Å². The normalized spacial score (nSPS) is 15.9. The van der Waals surface area contributed by atoms with Crippen LogP contribution >= 0.6 is 0 Å². The fraction of sp³-hybridized carbons (Fsp3) is 0.365. The van der Waals surface area contributed by atoms with Crippen molar-refractivity contribution in [1.29, 1.82) is 0 Å². The molecule has 0 aromatic heterocycles. The Morgan fingerprint density at radius 3 is 1.55 bits per heavy atom. The topological polar surface area (TPSA) is 9.23 Å². The minimum atomic E-state index is 0. The molecule has 6 rings (SSSR count). The van der Waals surface area contributed by atoms with Crippen LogP contribution in [0.4, 0.5) is 0 Å². The van der Waals surface area contributed by atoms with Gasteiger partial charge in [-0.1, -0.05) is 189 Å². The van der Waals surface area contributed by atoms with Gasteiger partial charge in [-0.15, -0.1) is 41.9 Å². The number of hydrogen-bond acceptors (Lipinski definition) is 1. The van der Waals surface area contributed by atoms with Gasteiger partial charge in [0.25, 0.3) is 0 Å². The molecule has 284 valence electrons. The van der Waals surface area contributed by atoms with Gasteiger partial charge in [0.2, 0.25) is 0 Å². The third-order valence-electron chi connectivity index (χ3n) is 10.6. The van der Waals surface area contributed by atoms with Crippen molar-refractivity contribution in [2.75, 3.05) is 13.2 Å². The van der Waals surface area contributed by atoms with Crippen LogP contribution < -0.4 is 70.2 Å². The predicted octanol–water partition coefficient (Wildman–Crippen LogP) is 9.10. The van der Waals surface area contributed by atoms with E-state index in [1.807, 2.05) is 25.1 Å². The van der Waals surface area contributed by atoms with E-state index in [0.717, 1.165) is 31.6 Å². The van der Waals surface area contributed by atoms with E-state index in [2.05, 4.69) is 182 Å². The first-order valence-electron chi connectivity index (χ1n) is 19.4. The molecule has 1 heterocycles. The van der Waals surface area contributed by atoms with Gasteiger partial charge in [-0.2, -0.15) is 0 Å². The largest absolute Gasteiger partial charge is 1.00 e. The van der Waals surface area contributed by atoms with Crippen molar-refractivity contribution in [2.24, 2.45) is 0 Å². The van der Waals surface area contributed by atoms with Gasteiger partial charge in [-0.3, -0.25) is 0 Å². The van der Waals surface area contributed by atoms with Gasteiger partial charge >= 0.3 is 70.2 Å². The molecule has 55 heavy (non-hydrogen) atoms. The van der Waals surface area contributed by atoms with Gasteiger partial charge in [0, 0.05) is 13.2 Å². The number of ether oxygens (including phenoxy) is 1. The summed E-state index contributed by atoms with van der Waals surface area (Å²) < 4.78 is 4.94. The minimum absolute atomic E-state index is 0. The van der Waals surface area contributed by atoms with Crippen molar-refractivity contribution in [3.05, 3.63) is 192 Å². The van der Waals surface area contributed by atoms with Crippen LogP contribution in [0.15, 0.2) is 163 Å². The molecule has 1 nitrogen and oxygen atoms in total. The SMILES string of the molecule is C.C1CCOC1.C=C(C)c1ccccc1.CCC(C)(CC(C)=C1C=CC=C[CH-]1)c1ccccc1.CCC(C)(CC(C)c1ccccc1)c1ccccc1.[K+].[Li+]. The van der Waals surface area contributed by atoms with E-state index in [1.165, 1.54) is 59.1 Å². The fourth-order valence-corrected chi connectivity index (χ4v) is 6.80. The third kappa shape index (κ3) is 18.8. The molecular weight excluding hydrogens is 687 g/mol. The quantitative estimate of drug-likeness (QED) is 0.116. The Bertz CT molecular complexity index is 1650. The van der Waals surface area contributed by atoms with Crippen LogP contribution in [-0.4, -0.2) is 13.2 Å². The fourth-order valence-electron chi connectivity index (χ4n) is 6.80. The molecule has 0 N–H and O–H groups in total. The average molecular weight is 756 g/mol. The molecule has 1 aliphatic carbocycles. The molecule has 0 radical (unpaired) electrons. The molecule has 0 saturated carbocycles. The summed E-state index contributed by atoms with van der Waals surface area (Å²) in [7, 11) is 0. The van der Waals surface area contributed by atoms with Gasteiger partial charge in [0.1, 0.15) is 0 Å². The summed E-state index contributed by atoms with van der Waals surface area (Å²) in [5.74, 6) is 0.589. The first-order valence-corrected chi connectivity index (χ1v) is 19.4. The Morgan fingerprint density at radius 1 is 0.709 bits per heavy atom. The molecule has 3 heteroatoms. The van der Waals surface area contributed by atoms with E-state index >= 15 is 0 Å². The number of allylic oxidation sites excluding steroid dienone is 7. The zero-order chi connectivity index (χ0) is 37.7. The van der Waals surface area contributed by atoms with Crippen molar-refractivity contribution >= 4 is 5.57 Å². The van der Waals surface area contributed by atoms with Crippen LogP contribution in [0.5, 0.6) is 0 Å². The first kappa shape index (κ1) is 52.9. The second kappa shape index (κ2) is 29.2. The average Bonchev–Trinajstić information content (AvgIpc) is 3.81. The maximum absolute atomic E-state index is 4.94. The number of hydrogen-bond donors (Lipinski definition) is 0. The van der Waals surface area contributed by atoms with Crippen LogP contribution in [0.3, 0.4) is 0 Å². The molecule has 1 fully saturated rings. The Balaban J connectivity index is 0.000000760. The van der Waals surface area contributed by atoms with E-state index in [4.69, 9.17) is 4.74 Å². The number of rotatable bonds is 10. The van der Waals surface area contributed by atoms with Crippen LogP contribution in [0.1, 0.15) is 123 Å². The van der Waals surface area contributed by atoms with Crippen molar-refractivity contribution < 1.29 is 75.0 Å². The molecule has 2 aliphatic rings. The summed E-state index contributed by atoms with van der Waals surface area (Å²) in [4.78, 5) is 0. The van der Waals surface area contributed by atoms with Gasteiger partial charge in [-0.25, -0.2) is 0 Å². The van der Waals surface area contributed by atoms with Gasteiger partial charge in [-0.05, 0) is 78.0 Å². The second-order valence-corrected chi connectivity index (χ2v) is 14.9. The van der Waals surface area contributed by atoms with Crippen LogP contribution in [0.25, 0.3) is 5.57 Å². The Kier molecular flexibility index (Phi) is 28.1. The predicted molar refractivity (Wildman–Crippen MR) is 235 cm³/mol. The molecule has 0 spiro atoms. The standard InChI is InChI=1S/C19H24.C19H23.C9H10.C4H8O.CH4.K.Li/c2*1-4-19(3,18-13-9-6-10-14-18)15-16(2)17-11-7-5-8-12-17;1-8(2)9-6-4-3-5-7-9;1-2-4-5-3-1;;;/h5-14,16H,4,15H2,1-3H3;5-14H,4,15H2,1-3H3;3-7H,1H2,2H3;1-4H2;1H4;;/q;-1;;;;2*+1. The Hall–Kier alpha value is -2.10. The van der Waals surface area contributed by atoms with E-state index in [9.17, 15) is 0 Å². The van der Waals surface area contributed by atoms with Gasteiger partial charge in [0.15, 0.2) is 0 Å². The summed E-state index contributed by atoms with van der Waals surface area (Å²) in [6.07, 6.45) is 17.9. The minimum Gasteiger partial charge on any atom is -0.381 e. The molecule has 0 bridgehead atoms. The molecule has 1 saturated heterocycles. The monoisotopic (exact) mass is 756 g/mol. The van der Waals surface area contributed by atoms with E-state index in [1.54, 1.807) is 0 Å². The maximum Gasteiger partial charge on any atom is 1.00 e. The van der Waals surface area contributed by atoms with E-state index in [0.29, 0.717) is 5.92 Å². The molecule has 3 unspecified atom stereocenters. The zero-order valence-corrected chi connectivity index (χ0v) is 38.4. The van der Waals surface area contributed by atoms with Crippen molar-refractivity contribution in [2.45, 2.75) is 111 Å². The first-order chi connectivity index (χ1) is 25.1. The number of benzene rings is 4. The van der Waals surface area contributed by atoms with Gasteiger partial charge < -0.3 is 4.74 Å². The molecular formula is C52H69KLiO+. The second-order valence-electron chi connectivity index (χ2n) is 14.9. The van der Waals surface area contributed by atoms with Crippen molar-refractivity contribution in [1.82, 2.24) is 0 Å². The molecule has 4 aromatic rings. The van der Waals surface area contributed by atoms with Crippen LogP contribution in [0.2, 0.25) is 0 Å². The smallest absolute Gasteiger partial charge is 0.381 e. The summed E-state index contributed by atoms with van der Waals surface area (Å²) in [5.41, 5.74) is 9.99. The maximum atomic E-state index is 4.94. The van der Waals surface area contributed by atoms with Crippen molar-refractivity contribution in [3.63, 3.8) is 0 Å². The van der Waals surface area contributed by atoms with Crippen LogP contribution in [-0.2, 0) is 15.6 Å². The van der Waals surface area contributed by atoms with E-state index in [-0.39, 0.29) is 88.5 Å². The molecule has 4 aromatic carbocycles. The van der Waals surface area contributed by atoms with Gasteiger partial charge in [0.05, 0.1) is 0 Å². The summed E-state index contributed by atoms with van der Waals surface area (Å²) in [6, 6.07) is 42.8. The summed E-state index contributed by atoms with van der Waals surface area (Å²) >= 11 is 0. The Morgan fingerprint density at radius 2 is 1.16 bits per heavy atom. The van der Waals surface area contributed by atoms with Crippen molar-refractivity contribution in [3.8, 4) is 0 Å². The van der Waals surface area contributed by atoms with Crippen LogP contribution in [0, 0.1) is 6.42 Å². The summed E-state index contributed by atoms with van der Waals surface area (Å²) in [5, 5.41) is 0. The summed E-state index contributed by atoms with van der Waals surface area (Å²) in [6.45, 7) is 21.8. The zero-order valence-electron chi connectivity index (χ0n) is 35.3.